The Bertz CT molecular complexity index is 1250. The smallest absolute Gasteiger partial charge is 0.462 e. The lowest BCUT2D eigenvalue weighted by Gasteiger charge is -2.19. The molecule has 0 aliphatic carbocycles. The summed E-state index contributed by atoms with van der Waals surface area (Å²) in [5.41, 5.74) is 5.36. The molecule has 0 aromatic heterocycles. The van der Waals surface area contributed by atoms with E-state index in [0.29, 0.717) is 6.42 Å². The van der Waals surface area contributed by atoms with Crippen LogP contribution < -0.4 is 5.73 Å². The van der Waals surface area contributed by atoms with E-state index in [0.717, 1.165) is 57.8 Å². The van der Waals surface area contributed by atoms with Crippen molar-refractivity contribution < 1.29 is 37.6 Å². The van der Waals surface area contributed by atoms with Crippen molar-refractivity contribution in [3.8, 4) is 0 Å². The fourth-order valence-electron chi connectivity index (χ4n) is 7.45. The molecule has 0 spiro atoms. The van der Waals surface area contributed by atoms with E-state index >= 15 is 0 Å². The Morgan fingerprint density at radius 1 is 0.477 bits per heavy atom. The maximum atomic E-state index is 12.6. The number of nitrogens with two attached hydrogens (primary N) is 1. The number of phosphoric ester groups is 1. The molecule has 0 aliphatic heterocycles. The molecule has 0 heterocycles. The maximum absolute atomic E-state index is 12.6. The second-order valence-corrected chi connectivity index (χ2v) is 19.2. The molecule has 2 unspecified atom stereocenters. The third kappa shape index (κ3) is 51.0. The van der Waals surface area contributed by atoms with E-state index in [9.17, 15) is 19.0 Å². The molecule has 0 rings (SSSR count). The highest BCUT2D eigenvalue weighted by molar-refractivity contribution is 7.47. The van der Waals surface area contributed by atoms with E-state index in [1.165, 1.54) is 154 Å². The number of hydrogen-bond acceptors (Lipinski definition) is 8. The van der Waals surface area contributed by atoms with Gasteiger partial charge in [-0.05, 0) is 77.0 Å². The average molecular weight is 934 g/mol. The fourth-order valence-corrected chi connectivity index (χ4v) is 8.21. The highest BCUT2D eigenvalue weighted by Crippen LogP contribution is 2.43. The lowest BCUT2D eigenvalue weighted by molar-refractivity contribution is -0.161. The molecule has 0 radical (unpaired) electrons. The summed E-state index contributed by atoms with van der Waals surface area (Å²) >= 11 is 0. The Balaban J connectivity index is 3.94. The summed E-state index contributed by atoms with van der Waals surface area (Å²) in [5.74, 6) is -0.872. The molecule has 0 aliphatic rings. The number of unbranched alkanes of at least 4 members (excludes halogenated alkanes) is 27. The van der Waals surface area contributed by atoms with Gasteiger partial charge in [0.05, 0.1) is 13.2 Å². The normalized spacial score (nSPS) is 13.6. The third-order valence-corrected chi connectivity index (χ3v) is 12.4. The van der Waals surface area contributed by atoms with Crippen LogP contribution in [0, 0.1) is 0 Å². The Morgan fingerprint density at radius 2 is 0.846 bits per heavy atom. The number of carbonyl (C=O) groups excluding carboxylic acids is 2. The van der Waals surface area contributed by atoms with Crippen LogP contribution >= 0.6 is 7.82 Å². The highest BCUT2D eigenvalue weighted by atomic mass is 31.2. The van der Waals surface area contributed by atoms with Gasteiger partial charge in [0.25, 0.3) is 0 Å². The first-order valence-corrected chi connectivity index (χ1v) is 28.3. The van der Waals surface area contributed by atoms with Crippen LogP contribution in [0.2, 0.25) is 0 Å². The minimum atomic E-state index is -4.39. The van der Waals surface area contributed by atoms with E-state index < -0.39 is 32.5 Å². The Hall–Kier alpha value is -2.29. The van der Waals surface area contributed by atoms with Gasteiger partial charge in [0.15, 0.2) is 6.10 Å². The van der Waals surface area contributed by atoms with Crippen LogP contribution in [0.25, 0.3) is 0 Å². The summed E-state index contributed by atoms with van der Waals surface area (Å²) in [6.07, 6.45) is 62.9. The van der Waals surface area contributed by atoms with Crippen molar-refractivity contribution in [2.75, 3.05) is 26.4 Å². The average Bonchev–Trinajstić information content (AvgIpc) is 3.30. The molecular formula is C55H100NO8P. The topological polar surface area (TPSA) is 134 Å². The van der Waals surface area contributed by atoms with Crippen LogP contribution in [0.3, 0.4) is 0 Å². The van der Waals surface area contributed by atoms with E-state index in [4.69, 9.17) is 24.3 Å². The number of rotatable bonds is 50. The van der Waals surface area contributed by atoms with E-state index in [-0.39, 0.29) is 32.6 Å². The lowest BCUT2D eigenvalue weighted by Crippen LogP contribution is -2.29. The number of phosphoric acid groups is 1. The monoisotopic (exact) mass is 934 g/mol. The van der Waals surface area contributed by atoms with Gasteiger partial charge < -0.3 is 20.1 Å². The summed E-state index contributed by atoms with van der Waals surface area (Å²) in [6.45, 7) is 3.59. The minimum absolute atomic E-state index is 0.0451. The Labute approximate surface area is 399 Å². The van der Waals surface area contributed by atoms with Gasteiger partial charge in [-0.15, -0.1) is 0 Å². The Kier molecular flexibility index (Phi) is 49.3. The molecule has 65 heavy (non-hydrogen) atoms. The van der Waals surface area contributed by atoms with Crippen LogP contribution in [0.15, 0.2) is 60.8 Å². The van der Waals surface area contributed by atoms with Gasteiger partial charge in [0.1, 0.15) is 6.61 Å². The van der Waals surface area contributed by atoms with Crippen LogP contribution in [0.5, 0.6) is 0 Å². The Morgan fingerprint density at radius 3 is 1.31 bits per heavy atom. The zero-order valence-electron chi connectivity index (χ0n) is 42.0. The molecule has 0 aromatic rings. The zero-order chi connectivity index (χ0) is 47.4. The van der Waals surface area contributed by atoms with Gasteiger partial charge in [0, 0.05) is 19.4 Å². The SMILES string of the molecule is CC/C=C\C/C=C\C/C=C\C/C=C\CCCCC(=O)OC(COC(=O)CCCCCCCCCCCCCCCCCCC/C=C\CCCCCCCCCC)COP(=O)(O)OCCN. The quantitative estimate of drug-likeness (QED) is 0.0265. The molecule has 0 saturated carbocycles. The standard InChI is InChI=1S/C55H100NO8P/c1-3-5-7-9-11-13-15-17-19-20-21-22-23-24-25-26-27-28-29-30-31-32-34-35-37-39-41-43-45-47-54(57)61-51-53(52-63-65(59,60)62-50-49-56)64-55(58)48-46-44-42-40-38-36-33-18-16-14-12-10-8-6-4-2/h6,8,12,14,18,20-21,33,38,40,53H,3-5,7,9-11,13,15-17,19,22-32,34-37,39,41-52,56H2,1-2H3,(H,59,60)/b8-6-,14-12-,21-20-,33-18-,40-38-. The van der Waals surface area contributed by atoms with E-state index in [1.54, 1.807) is 0 Å². The highest BCUT2D eigenvalue weighted by Gasteiger charge is 2.26. The maximum Gasteiger partial charge on any atom is 0.472 e. The van der Waals surface area contributed by atoms with Crippen LogP contribution in [-0.4, -0.2) is 49.3 Å². The predicted molar refractivity (Wildman–Crippen MR) is 275 cm³/mol. The molecule has 378 valence electrons. The largest absolute Gasteiger partial charge is 0.472 e. The molecule has 2 atom stereocenters. The van der Waals surface area contributed by atoms with Gasteiger partial charge in [-0.1, -0.05) is 216 Å². The number of carbonyl (C=O) groups is 2. The van der Waals surface area contributed by atoms with E-state index in [1.807, 2.05) is 0 Å². The van der Waals surface area contributed by atoms with Gasteiger partial charge >= 0.3 is 19.8 Å². The number of hydrogen-bond donors (Lipinski definition) is 2. The lowest BCUT2D eigenvalue weighted by atomic mass is 10.0. The van der Waals surface area contributed by atoms with Crippen LogP contribution in [0.4, 0.5) is 0 Å². The predicted octanol–water partition coefficient (Wildman–Crippen LogP) is 16.4. The second-order valence-electron chi connectivity index (χ2n) is 17.7. The molecular weight excluding hydrogens is 834 g/mol. The van der Waals surface area contributed by atoms with Crippen molar-refractivity contribution in [3.63, 3.8) is 0 Å². The van der Waals surface area contributed by atoms with Crippen molar-refractivity contribution in [1.82, 2.24) is 0 Å². The second kappa shape index (κ2) is 51.1. The first-order chi connectivity index (χ1) is 31.8. The first kappa shape index (κ1) is 62.7. The van der Waals surface area contributed by atoms with Gasteiger partial charge in [-0.25, -0.2) is 4.57 Å². The number of esters is 2. The van der Waals surface area contributed by atoms with Crippen LogP contribution in [0.1, 0.15) is 245 Å². The molecule has 0 amide bonds. The summed E-state index contributed by atoms with van der Waals surface area (Å²) in [7, 11) is -4.39. The summed E-state index contributed by atoms with van der Waals surface area (Å²) in [4.78, 5) is 35.0. The van der Waals surface area contributed by atoms with Crippen molar-refractivity contribution in [2.45, 2.75) is 251 Å². The summed E-state index contributed by atoms with van der Waals surface area (Å²) in [6, 6.07) is 0. The molecule has 10 heteroatoms. The van der Waals surface area contributed by atoms with Gasteiger partial charge in [0.2, 0.25) is 0 Å². The fraction of sp³-hybridized carbons (Fsp3) is 0.782. The number of ether oxygens (including phenoxy) is 2. The molecule has 0 aromatic carbocycles. The van der Waals surface area contributed by atoms with Crippen molar-refractivity contribution in [2.24, 2.45) is 5.73 Å². The van der Waals surface area contributed by atoms with Gasteiger partial charge in [-0.2, -0.15) is 0 Å². The van der Waals surface area contributed by atoms with Gasteiger partial charge in [-0.3, -0.25) is 18.6 Å². The zero-order valence-corrected chi connectivity index (χ0v) is 42.9. The summed E-state index contributed by atoms with van der Waals surface area (Å²) in [5, 5.41) is 0. The minimum Gasteiger partial charge on any atom is -0.462 e. The third-order valence-electron chi connectivity index (χ3n) is 11.4. The molecule has 0 saturated heterocycles. The van der Waals surface area contributed by atoms with Crippen LogP contribution in [-0.2, 0) is 32.7 Å². The first-order valence-electron chi connectivity index (χ1n) is 26.8. The van der Waals surface area contributed by atoms with E-state index in [2.05, 4.69) is 74.6 Å². The van der Waals surface area contributed by atoms with Crippen molar-refractivity contribution in [1.29, 1.82) is 0 Å². The van der Waals surface area contributed by atoms with Crippen molar-refractivity contribution >= 4 is 19.8 Å². The van der Waals surface area contributed by atoms with Crippen molar-refractivity contribution in [3.05, 3.63) is 60.8 Å². The summed E-state index contributed by atoms with van der Waals surface area (Å²) < 4.78 is 32.9. The molecule has 0 fully saturated rings. The number of allylic oxidation sites excluding steroid dienone is 10. The molecule has 9 nitrogen and oxygen atoms in total. The molecule has 0 bridgehead atoms. The molecule has 3 N–H and O–H groups in total.